The molecule has 10 rings (SSSR count). The smallest absolute Gasteiger partial charge is 0.550 e. The summed E-state index contributed by atoms with van der Waals surface area (Å²) in [4.78, 5) is 82.4. The zero-order chi connectivity index (χ0) is 61.1. The molecule has 6 aromatic carbocycles. The fourth-order valence-corrected chi connectivity index (χ4v) is 9.23. The number of halogens is 4. The number of ether oxygens (including phenoxy) is 6. The number of nitrogens with one attached hydrogen (secondary N) is 4. The molecule has 0 aliphatic heterocycles. The number of rotatable bonds is 24. The Morgan fingerprint density at radius 2 is 0.862 bits per heavy atom. The van der Waals surface area contributed by atoms with Crippen LogP contribution in [0.5, 0.6) is 46.0 Å². The third-order valence-corrected chi connectivity index (χ3v) is 14.6. The number of amides is 4. The molecule has 4 N–H and O–H groups in total. The maximum Gasteiger partial charge on any atom is 2.00 e. The molecule has 25 heteroatoms. The van der Waals surface area contributed by atoms with Crippen LogP contribution in [0.15, 0.2) is 134 Å². The van der Waals surface area contributed by atoms with E-state index in [2.05, 4.69) is 31.2 Å². The Labute approximate surface area is 535 Å². The van der Waals surface area contributed by atoms with Crippen molar-refractivity contribution >= 4 is 141 Å². The van der Waals surface area contributed by atoms with E-state index in [1.807, 2.05) is 0 Å². The van der Waals surface area contributed by atoms with E-state index >= 15 is 0 Å². The van der Waals surface area contributed by atoms with Gasteiger partial charge in [-0.05, 0) is 148 Å². The third-order valence-electron chi connectivity index (χ3n) is 13.8. The molecule has 444 valence electrons. The molecule has 2 fully saturated rings. The number of benzene rings is 6. The zero-order valence-corrected chi connectivity index (χ0v) is 50.3. The maximum atomic E-state index is 13.2. The Kier molecular flexibility index (Phi) is 21.3. The first-order valence-electron chi connectivity index (χ1n) is 26.7. The SMILES string of the molecule is COc1cc2c(Oc3cccc(NC(=O)C4(C(=O)Nc5ccc(F)cc5)CC4)c3Cl)ccnc2cc1OCCCC(=O)[O-].COc1cc2c(Oc3cccc(NC(=O)C4(C(=O)Nc5ccc(F)cc5)CC4)c3Cl)ccnc2cc1OCCCC(=O)[O-].[Ca+2]. The van der Waals surface area contributed by atoms with Gasteiger partial charge in [0, 0.05) is 58.6 Å². The minimum atomic E-state index is -1.27. The molecule has 2 aliphatic carbocycles. The van der Waals surface area contributed by atoms with Gasteiger partial charge in [-0.1, -0.05) is 35.3 Å². The van der Waals surface area contributed by atoms with Gasteiger partial charge in [0.15, 0.2) is 23.0 Å². The van der Waals surface area contributed by atoms with Crippen LogP contribution in [0.3, 0.4) is 0 Å². The first-order valence-corrected chi connectivity index (χ1v) is 27.4. The number of methoxy groups -OCH3 is 2. The monoisotopic (exact) mass is 1250 g/mol. The van der Waals surface area contributed by atoms with Gasteiger partial charge in [0.25, 0.3) is 0 Å². The quantitative estimate of drug-likeness (QED) is 0.0249. The molecule has 0 atom stereocenters. The van der Waals surface area contributed by atoms with Gasteiger partial charge < -0.3 is 69.5 Å². The van der Waals surface area contributed by atoms with Crippen LogP contribution >= 0.6 is 23.2 Å². The van der Waals surface area contributed by atoms with Crippen LogP contribution in [-0.4, -0.2) is 111 Å². The van der Waals surface area contributed by atoms with Crippen molar-refractivity contribution in [1.82, 2.24) is 9.97 Å². The van der Waals surface area contributed by atoms with Crippen molar-refractivity contribution in [1.29, 1.82) is 0 Å². The van der Waals surface area contributed by atoms with E-state index in [-0.39, 0.29) is 110 Å². The Hall–Kier alpha value is -8.54. The van der Waals surface area contributed by atoms with Gasteiger partial charge in [0.2, 0.25) is 23.6 Å². The molecule has 2 aliphatic rings. The second-order valence-electron chi connectivity index (χ2n) is 19.7. The number of carbonyl (C=O) groups excluding carboxylic acids is 6. The predicted octanol–water partition coefficient (Wildman–Crippen LogP) is 9.81. The Morgan fingerprint density at radius 3 is 1.21 bits per heavy atom. The average Bonchev–Trinajstić information content (AvgIpc) is 2.76. The Balaban J connectivity index is 0.000000223. The van der Waals surface area contributed by atoms with E-state index in [1.54, 1.807) is 85.2 Å². The summed E-state index contributed by atoms with van der Waals surface area (Å²) in [6.07, 6.45) is 4.78. The Morgan fingerprint density at radius 1 is 0.494 bits per heavy atom. The summed E-state index contributed by atoms with van der Waals surface area (Å²) < 4.78 is 61.1. The predicted molar refractivity (Wildman–Crippen MR) is 316 cm³/mol. The fraction of sp³-hybridized carbons (Fsp3) is 0.226. The molecular formula is C62H52CaCl2F2N6O14. The third kappa shape index (κ3) is 15.7. The van der Waals surface area contributed by atoms with E-state index in [0.29, 0.717) is 93.4 Å². The van der Waals surface area contributed by atoms with Crippen LogP contribution in [0.2, 0.25) is 10.0 Å². The number of nitrogens with zero attached hydrogens (tertiary/aromatic N) is 2. The molecule has 0 radical (unpaired) electrons. The molecule has 0 bridgehead atoms. The summed E-state index contributed by atoms with van der Waals surface area (Å²) in [5, 5.41) is 33.6. The molecule has 0 saturated heterocycles. The summed E-state index contributed by atoms with van der Waals surface area (Å²) in [5.74, 6) is -2.35. The molecule has 2 aromatic heterocycles. The number of fused-ring (bicyclic) bond motifs is 2. The normalized spacial score (nSPS) is 13.0. The molecule has 87 heavy (non-hydrogen) atoms. The maximum absolute atomic E-state index is 13.2. The molecule has 0 unspecified atom stereocenters. The van der Waals surface area contributed by atoms with Crippen molar-refractivity contribution in [3.63, 3.8) is 0 Å². The number of carboxylic acid groups (broad SMARTS) is 2. The molecule has 8 aromatic rings. The zero-order valence-electron chi connectivity index (χ0n) is 46.6. The second kappa shape index (κ2) is 28.8. The summed E-state index contributed by atoms with van der Waals surface area (Å²) in [5.41, 5.74) is -0.202. The van der Waals surface area contributed by atoms with Gasteiger partial charge in [-0.25, -0.2) is 8.78 Å². The number of hydrogen-bond donors (Lipinski definition) is 4. The van der Waals surface area contributed by atoms with Crippen LogP contribution in [0.4, 0.5) is 31.5 Å². The van der Waals surface area contributed by atoms with Crippen LogP contribution < -0.4 is 59.9 Å². The number of aromatic nitrogens is 2. The van der Waals surface area contributed by atoms with Gasteiger partial charge in [-0.15, -0.1) is 0 Å². The minimum Gasteiger partial charge on any atom is -0.550 e. The number of pyridine rings is 2. The molecule has 0 spiro atoms. The number of carboxylic acids is 2. The molecular weight excluding hydrogens is 1200 g/mol. The van der Waals surface area contributed by atoms with Crippen LogP contribution in [0.1, 0.15) is 51.4 Å². The number of carbonyl (C=O) groups is 6. The summed E-state index contributed by atoms with van der Waals surface area (Å²) in [7, 11) is 2.95. The largest absolute Gasteiger partial charge is 2.00 e. The van der Waals surface area contributed by atoms with Crippen molar-refractivity contribution in [2.75, 3.05) is 48.7 Å². The minimum absolute atomic E-state index is 0. The Bertz CT molecular complexity index is 3640. The van der Waals surface area contributed by atoms with E-state index in [4.69, 9.17) is 51.6 Å². The first-order chi connectivity index (χ1) is 41.4. The second-order valence-corrected chi connectivity index (χ2v) is 20.5. The van der Waals surface area contributed by atoms with Crippen LogP contribution in [0.25, 0.3) is 21.8 Å². The fourth-order valence-electron chi connectivity index (χ4n) is 8.80. The summed E-state index contributed by atoms with van der Waals surface area (Å²) >= 11 is 13.3. The van der Waals surface area contributed by atoms with Gasteiger partial charge in [-0.2, -0.15) is 0 Å². The molecule has 20 nitrogen and oxygen atoms in total. The summed E-state index contributed by atoms with van der Waals surface area (Å²) in [6.45, 7) is 0.296. The topological polar surface area (TPSA) is 278 Å². The van der Waals surface area contributed by atoms with E-state index in [0.717, 1.165) is 0 Å². The van der Waals surface area contributed by atoms with Crippen molar-refractivity contribution in [2.24, 2.45) is 10.8 Å². The van der Waals surface area contributed by atoms with E-state index < -0.39 is 58.0 Å². The van der Waals surface area contributed by atoms with E-state index in [1.165, 1.54) is 62.8 Å². The van der Waals surface area contributed by atoms with Crippen molar-refractivity contribution in [3.05, 3.63) is 155 Å². The van der Waals surface area contributed by atoms with Crippen molar-refractivity contribution in [2.45, 2.75) is 51.4 Å². The van der Waals surface area contributed by atoms with Crippen LogP contribution in [-0.2, 0) is 28.8 Å². The number of aliphatic carboxylic acids is 2. The van der Waals surface area contributed by atoms with E-state index in [9.17, 15) is 47.8 Å². The summed E-state index contributed by atoms with van der Waals surface area (Å²) in [6, 6.07) is 30.3. The van der Waals surface area contributed by atoms with Gasteiger partial charge in [0.05, 0.1) is 49.8 Å². The molecule has 2 heterocycles. The molecule has 4 amide bonds. The van der Waals surface area contributed by atoms with Crippen LogP contribution in [0, 0.1) is 22.5 Å². The molecule has 2 saturated carbocycles. The van der Waals surface area contributed by atoms with Crippen molar-refractivity contribution in [3.8, 4) is 46.0 Å². The standard InChI is InChI=1S/2C31H27ClFN3O7.Ca/c2*1-41-25-16-20-22(17-26(25)42-15-3-6-27(37)38)34-14-11-23(20)43-24-5-2-4-21(28(24)32)36-30(40)31(12-13-31)29(39)35-19-9-7-18(33)8-10-19;/h2*2,4-5,7-11,14,16-17H,3,6,12-13,15H2,1H3,(H,35,39)(H,36,40)(H,37,38);/q;;+2/p-2. The van der Waals surface area contributed by atoms with Gasteiger partial charge in [-0.3, -0.25) is 29.1 Å². The average molecular weight is 1250 g/mol. The van der Waals surface area contributed by atoms with Gasteiger partial charge >= 0.3 is 37.7 Å². The number of anilines is 4. The van der Waals surface area contributed by atoms with Crippen molar-refractivity contribution < 1.29 is 76.2 Å². The first kappa shape index (κ1) is 64.5. The number of hydrogen-bond acceptors (Lipinski definition) is 16. The van der Waals surface area contributed by atoms with Gasteiger partial charge in [0.1, 0.15) is 55.5 Å².